The monoisotopic (exact) mass is 310 g/mol. The Labute approximate surface area is 128 Å². The summed E-state index contributed by atoms with van der Waals surface area (Å²) in [6.07, 6.45) is 2.03. The first-order chi connectivity index (χ1) is 9.98. The van der Waals surface area contributed by atoms with Crippen molar-refractivity contribution in [2.75, 3.05) is 19.6 Å². The van der Waals surface area contributed by atoms with Crippen LogP contribution in [0.25, 0.3) is 0 Å². The molecule has 0 aliphatic carbocycles. The first kappa shape index (κ1) is 16.5. The van der Waals surface area contributed by atoms with Crippen LogP contribution in [0.1, 0.15) is 37.8 Å². The summed E-state index contributed by atoms with van der Waals surface area (Å²) in [5.41, 5.74) is 1.85. The van der Waals surface area contributed by atoms with Gasteiger partial charge >= 0.3 is 0 Å². The SMILES string of the molecule is CCNCc1ccc(C)c(S(=O)(=O)N2CCC(CC)C2)c1. The maximum Gasteiger partial charge on any atom is 0.243 e. The van der Waals surface area contributed by atoms with Crippen LogP contribution >= 0.6 is 0 Å². The average Bonchev–Trinajstić information content (AvgIpc) is 2.96. The summed E-state index contributed by atoms with van der Waals surface area (Å²) in [5, 5.41) is 3.24. The minimum Gasteiger partial charge on any atom is -0.313 e. The number of benzene rings is 1. The lowest BCUT2D eigenvalue weighted by Crippen LogP contribution is -2.29. The molecule has 1 N–H and O–H groups in total. The van der Waals surface area contributed by atoms with Gasteiger partial charge in [0, 0.05) is 19.6 Å². The van der Waals surface area contributed by atoms with E-state index >= 15 is 0 Å². The normalized spacial score (nSPS) is 20.0. The van der Waals surface area contributed by atoms with Crippen LogP contribution in [-0.4, -0.2) is 32.4 Å². The predicted octanol–water partition coefficient (Wildman–Crippen LogP) is 2.53. The molecule has 1 fully saturated rings. The third-order valence-electron chi connectivity index (χ3n) is 4.28. The third-order valence-corrected chi connectivity index (χ3v) is 6.28. The van der Waals surface area contributed by atoms with E-state index in [0.29, 0.717) is 30.4 Å². The van der Waals surface area contributed by atoms with Crippen molar-refractivity contribution in [1.82, 2.24) is 9.62 Å². The molecule has 1 aliphatic heterocycles. The van der Waals surface area contributed by atoms with Gasteiger partial charge in [0.05, 0.1) is 4.90 Å². The minimum atomic E-state index is -3.35. The number of rotatable bonds is 6. The molecule has 0 spiro atoms. The maximum atomic E-state index is 12.8. The largest absolute Gasteiger partial charge is 0.313 e. The molecule has 1 aromatic carbocycles. The van der Waals surface area contributed by atoms with E-state index in [1.54, 1.807) is 4.31 Å². The lowest BCUT2D eigenvalue weighted by atomic mass is 10.1. The minimum absolute atomic E-state index is 0.467. The molecule has 1 unspecified atom stereocenters. The Bertz CT molecular complexity index is 584. The van der Waals surface area contributed by atoms with Gasteiger partial charge < -0.3 is 5.32 Å². The Kier molecular flexibility index (Phi) is 5.41. The Morgan fingerprint density at radius 1 is 1.33 bits per heavy atom. The summed E-state index contributed by atoms with van der Waals surface area (Å²) in [6.45, 7) is 8.94. The summed E-state index contributed by atoms with van der Waals surface area (Å²) in [5.74, 6) is 0.505. The summed E-state index contributed by atoms with van der Waals surface area (Å²) >= 11 is 0. The summed E-state index contributed by atoms with van der Waals surface area (Å²) < 4.78 is 27.3. The highest BCUT2D eigenvalue weighted by molar-refractivity contribution is 7.89. The van der Waals surface area contributed by atoms with Gasteiger partial charge in [-0.3, -0.25) is 0 Å². The molecular weight excluding hydrogens is 284 g/mol. The van der Waals surface area contributed by atoms with Crippen LogP contribution in [-0.2, 0) is 16.6 Å². The second kappa shape index (κ2) is 6.90. The molecule has 1 aliphatic rings. The van der Waals surface area contributed by atoms with Gasteiger partial charge in [-0.1, -0.05) is 32.4 Å². The van der Waals surface area contributed by atoms with Crippen molar-refractivity contribution in [1.29, 1.82) is 0 Å². The van der Waals surface area contributed by atoms with Gasteiger partial charge in [0.2, 0.25) is 10.0 Å². The number of hydrogen-bond acceptors (Lipinski definition) is 3. The summed E-state index contributed by atoms with van der Waals surface area (Å²) in [7, 11) is -3.35. The van der Waals surface area contributed by atoms with Crippen molar-refractivity contribution in [2.24, 2.45) is 5.92 Å². The Balaban J connectivity index is 2.27. The van der Waals surface area contributed by atoms with Gasteiger partial charge in [-0.05, 0) is 43.0 Å². The van der Waals surface area contributed by atoms with E-state index in [1.165, 1.54) is 0 Å². The number of nitrogens with zero attached hydrogens (tertiary/aromatic N) is 1. The molecule has 1 heterocycles. The molecule has 2 rings (SSSR count). The van der Waals surface area contributed by atoms with Gasteiger partial charge in [0.1, 0.15) is 0 Å². The van der Waals surface area contributed by atoms with Crippen molar-refractivity contribution in [3.63, 3.8) is 0 Å². The Hall–Kier alpha value is -0.910. The molecule has 5 heteroatoms. The van der Waals surface area contributed by atoms with Crippen LogP contribution in [0.2, 0.25) is 0 Å². The van der Waals surface area contributed by atoms with E-state index in [0.717, 1.165) is 30.5 Å². The molecule has 1 atom stereocenters. The van der Waals surface area contributed by atoms with Crippen LogP contribution in [0.3, 0.4) is 0 Å². The number of aryl methyl sites for hydroxylation is 1. The number of nitrogens with one attached hydrogen (secondary N) is 1. The molecule has 21 heavy (non-hydrogen) atoms. The van der Waals surface area contributed by atoms with Crippen LogP contribution in [0.5, 0.6) is 0 Å². The van der Waals surface area contributed by atoms with Gasteiger partial charge in [0.25, 0.3) is 0 Å². The van der Waals surface area contributed by atoms with Gasteiger partial charge in [0.15, 0.2) is 0 Å². The zero-order chi connectivity index (χ0) is 15.5. The highest BCUT2D eigenvalue weighted by atomic mass is 32.2. The standard InChI is InChI=1S/C16H26N2O2S/c1-4-14-8-9-18(12-14)21(19,20)16-10-15(11-17-5-2)7-6-13(16)3/h6-7,10,14,17H,4-5,8-9,11-12H2,1-3H3. The first-order valence-electron chi connectivity index (χ1n) is 7.79. The lowest BCUT2D eigenvalue weighted by molar-refractivity contribution is 0.452. The van der Waals surface area contributed by atoms with Crippen LogP contribution in [0, 0.1) is 12.8 Å². The molecule has 0 bridgehead atoms. The van der Waals surface area contributed by atoms with E-state index in [-0.39, 0.29) is 0 Å². The molecule has 0 radical (unpaired) electrons. The van der Waals surface area contributed by atoms with E-state index in [4.69, 9.17) is 0 Å². The quantitative estimate of drug-likeness (QED) is 0.878. The van der Waals surface area contributed by atoms with Gasteiger partial charge in [-0.2, -0.15) is 4.31 Å². The molecule has 0 saturated carbocycles. The van der Waals surface area contributed by atoms with Gasteiger partial charge in [-0.15, -0.1) is 0 Å². The molecule has 0 aromatic heterocycles. The van der Waals surface area contributed by atoms with Crippen molar-refractivity contribution < 1.29 is 8.42 Å². The molecule has 0 amide bonds. The van der Waals surface area contributed by atoms with E-state index in [1.807, 2.05) is 32.0 Å². The average molecular weight is 310 g/mol. The fourth-order valence-electron chi connectivity index (χ4n) is 2.79. The van der Waals surface area contributed by atoms with Crippen molar-refractivity contribution in [3.05, 3.63) is 29.3 Å². The maximum absolute atomic E-state index is 12.8. The van der Waals surface area contributed by atoms with E-state index in [2.05, 4.69) is 12.2 Å². The highest BCUT2D eigenvalue weighted by Gasteiger charge is 2.32. The fraction of sp³-hybridized carbons (Fsp3) is 0.625. The van der Waals surface area contributed by atoms with E-state index in [9.17, 15) is 8.42 Å². The van der Waals surface area contributed by atoms with Crippen molar-refractivity contribution in [3.8, 4) is 0 Å². The zero-order valence-electron chi connectivity index (χ0n) is 13.2. The molecule has 1 saturated heterocycles. The Morgan fingerprint density at radius 2 is 2.10 bits per heavy atom. The smallest absolute Gasteiger partial charge is 0.243 e. The van der Waals surface area contributed by atoms with E-state index < -0.39 is 10.0 Å². The fourth-order valence-corrected chi connectivity index (χ4v) is 4.60. The topological polar surface area (TPSA) is 49.4 Å². The van der Waals surface area contributed by atoms with Crippen LogP contribution in [0.4, 0.5) is 0 Å². The summed E-state index contributed by atoms with van der Waals surface area (Å²) in [6, 6.07) is 5.73. The summed E-state index contributed by atoms with van der Waals surface area (Å²) in [4.78, 5) is 0.467. The number of sulfonamides is 1. The third kappa shape index (κ3) is 3.65. The van der Waals surface area contributed by atoms with Crippen LogP contribution in [0.15, 0.2) is 23.1 Å². The zero-order valence-corrected chi connectivity index (χ0v) is 14.0. The van der Waals surface area contributed by atoms with Gasteiger partial charge in [-0.25, -0.2) is 8.42 Å². The molecule has 4 nitrogen and oxygen atoms in total. The molecule has 118 valence electrons. The number of hydrogen-bond donors (Lipinski definition) is 1. The predicted molar refractivity (Wildman–Crippen MR) is 85.7 cm³/mol. The Morgan fingerprint density at radius 3 is 2.71 bits per heavy atom. The lowest BCUT2D eigenvalue weighted by Gasteiger charge is -2.18. The second-order valence-corrected chi connectivity index (χ2v) is 7.71. The first-order valence-corrected chi connectivity index (χ1v) is 9.23. The van der Waals surface area contributed by atoms with Crippen molar-refractivity contribution in [2.45, 2.75) is 45.1 Å². The van der Waals surface area contributed by atoms with Crippen molar-refractivity contribution >= 4 is 10.0 Å². The molecular formula is C16H26N2O2S. The second-order valence-electron chi connectivity index (χ2n) is 5.81. The highest BCUT2D eigenvalue weighted by Crippen LogP contribution is 2.28. The van der Waals surface area contributed by atoms with Crippen LogP contribution < -0.4 is 5.32 Å². The molecule has 1 aromatic rings.